The van der Waals surface area contributed by atoms with Gasteiger partial charge in [0.15, 0.2) is 5.78 Å². The molecule has 0 saturated carbocycles. The fourth-order valence-corrected chi connectivity index (χ4v) is 2.55. The van der Waals surface area contributed by atoms with Crippen LogP contribution in [-0.2, 0) is 13.5 Å². The summed E-state index contributed by atoms with van der Waals surface area (Å²) in [6.07, 6.45) is 2.38. The van der Waals surface area contributed by atoms with Crippen LogP contribution in [0, 0.1) is 6.92 Å². The highest BCUT2D eigenvalue weighted by molar-refractivity contribution is 6.08. The SMILES string of the molecule is Cc1ccc(CC(=O)c2cn(C)c3ccccc23)cc1. The van der Waals surface area contributed by atoms with Crippen LogP contribution in [0.3, 0.4) is 0 Å². The maximum Gasteiger partial charge on any atom is 0.169 e. The van der Waals surface area contributed by atoms with Crippen LogP contribution in [0.2, 0.25) is 0 Å². The number of hydrogen-bond donors (Lipinski definition) is 0. The fraction of sp³-hybridized carbons (Fsp3) is 0.167. The highest BCUT2D eigenvalue weighted by Gasteiger charge is 2.13. The molecule has 0 bridgehead atoms. The summed E-state index contributed by atoms with van der Waals surface area (Å²) in [6.45, 7) is 2.05. The summed E-state index contributed by atoms with van der Waals surface area (Å²) in [6, 6.07) is 16.2. The summed E-state index contributed by atoms with van der Waals surface area (Å²) in [5.74, 6) is 0.172. The molecule has 0 amide bonds. The number of para-hydroxylation sites is 1. The van der Waals surface area contributed by atoms with Crippen molar-refractivity contribution in [2.45, 2.75) is 13.3 Å². The van der Waals surface area contributed by atoms with Gasteiger partial charge in [0.25, 0.3) is 0 Å². The third-order valence-corrected chi connectivity index (χ3v) is 3.68. The number of aryl methyl sites for hydroxylation is 2. The summed E-state index contributed by atoms with van der Waals surface area (Å²) < 4.78 is 2.01. The average molecular weight is 263 g/mol. The lowest BCUT2D eigenvalue weighted by molar-refractivity contribution is 0.0994. The molecule has 0 N–H and O–H groups in total. The minimum absolute atomic E-state index is 0.172. The van der Waals surface area contributed by atoms with Crippen molar-refractivity contribution in [2.75, 3.05) is 0 Å². The third-order valence-electron chi connectivity index (χ3n) is 3.68. The zero-order valence-corrected chi connectivity index (χ0v) is 11.8. The van der Waals surface area contributed by atoms with Gasteiger partial charge in [0.05, 0.1) is 0 Å². The second kappa shape index (κ2) is 4.97. The van der Waals surface area contributed by atoms with Crippen molar-refractivity contribution < 1.29 is 4.79 Å². The molecule has 100 valence electrons. The second-order valence-electron chi connectivity index (χ2n) is 5.26. The molecule has 1 aromatic heterocycles. The van der Waals surface area contributed by atoms with E-state index in [-0.39, 0.29) is 5.78 Å². The molecule has 0 atom stereocenters. The topological polar surface area (TPSA) is 22.0 Å². The van der Waals surface area contributed by atoms with Gasteiger partial charge < -0.3 is 4.57 Å². The number of hydrogen-bond acceptors (Lipinski definition) is 1. The highest BCUT2D eigenvalue weighted by Crippen LogP contribution is 2.22. The number of Topliss-reactive ketones (excluding diaryl/α,β-unsaturated/α-hetero) is 1. The number of nitrogens with zero attached hydrogens (tertiary/aromatic N) is 1. The number of aromatic nitrogens is 1. The van der Waals surface area contributed by atoms with Gasteiger partial charge in [0, 0.05) is 36.1 Å². The number of benzene rings is 2. The first-order valence-electron chi connectivity index (χ1n) is 6.78. The van der Waals surface area contributed by atoms with E-state index in [1.54, 1.807) is 0 Å². The second-order valence-corrected chi connectivity index (χ2v) is 5.26. The summed E-state index contributed by atoms with van der Waals surface area (Å²) in [5.41, 5.74) is 4.18. The monoisotopic (exact) mass is 263 g/mol. The van der Waals surface area contributed by atoms with Crippen molar-refractivity contribution >= 4 is 16.7 Å². The van der Waals surface area contributed by atoms with Crippen LogP contribution in [0.1, 0.15) is 21.5 Å². The Kier molecular flexibility index (Phi) is 3.15. The predicted molar refractivity (Wildman–Crippen MR) is 82.1 cm³/mol. The Hall–Kier alpha value is -2.35. The smallest absolute Gasteiger partial charge is 0.169 e. The van der Waals surface area contributed by atoms with Gasteiger partial charge in [-0.2, -0.15) is 0 Å². The Bertz CT molecular complexity index is 766. The third kappa shape index (κ3) is 2.25. The Morgan fingerprint density at radius 1 is 1.05 bits per heavy atom. The fourth-order valence-electron chi connectivity index (χ4n) is 2.55. The molecule has 3 rings (SSSR count). The van der Waals surface area contributed by atoms with Crippen LogP contribution in [0.4, 0.5) is 0 Å². The van der Waals surface area contributed by atoms with Crippen LogP contribution in [0.5, 0.6) is 0 Å². The van der Waals surface area contributed by atoms with Gasteiger partial charge in [-0.3, -0.25) is 4.79 Å². The summed E-state index contributed by atoms with van der Waals surface area (Å²) in [4.78, 5) is 12.5. The van der Waals surface area contributed by atoms with Crippen molar-refractivity contribution in [2.24, 2.45) is 7.05 Å². The molecule has 0 aliphatic heterocycles. The largest absolute Gasteiger partial charge is 0.350 e. The highest BCUT2D eigenvalue weighted by atomic mass is 16.1. The van der Waals surface area contributed by atoms with Crippen molar-refractivity contribution in [1.29, 1.82) is 0 Å². The van der Waals surface area contributed by atoms with Crippen molar-refractivity contribution in [3.05, 3.63) is 71.4 Å². The van der Waals surface area contributed by atoms with Gasteiger partial charge >= 0.3 is 0 Å². The molecule has 0 unspecified atom stereocenters. The number of rotatable bonds is 3. The lowest BCUT2D eigenvalue weighted by Gasteiger charge is -2.01. The number of ketones is 1. The molecular weight excluding hydrogens is 246 g/mol. The van der Waals surface area contributed by atoms with Gasteiger partial charge in [0.2, 0.25) is 0 Å². The Morgan fingerprint density at radius 2 is 1.75 bits per heavy atom. The van der Waals surface area contributed by atoms with E-state index in [2.05, 4.69) is 6.92 Å². The molecule has 0 saturated heterocycles. The van der Waals surface area contributed by atoms with Gasteiger partial charge in [-0.05, 0) is 18.6 Å². The van der Waals surface area contributed by atoms with Crippen LogP contribution in [-0.4, -0.2) is 10.4 Å². The Balaban J connectivity index is 1.95. The lowest BCUT2D eigenvalue weighted by atomic mass is 10.0. The van der Waals surface area contributed by atoms with Crippen LogP contribution in [0.25, 0.3) is 10.9 Å². The van der Waals surface area contributed by atoms with Crippen molar-refractivity contribution in [3.8, 4) is 0 Å². The van der Waals surface area contributed by atoms with E-state index < -0.39 is 0 Å². The van der Waals surface area contributed by atoms with E-state index in [4.69, 9.17) is 0 Å². The summed E-state index contributed by atoms with van der Waals surface area (Å²) >= 11 is 0. The zero-order valence-electron chi connectivity index (χ0n) is 11.8. The summed E-state index contributed by atoms with van der Waals surface area (Å²) in [5, 5.41) is 1.03. The van der Waals surface area contributed by atoms with E-state index in [1.165, 1.54) is 5.56 Å². The maximum absolute atomic E-state index is 12.5. The molecule has 1 heterocycles. The first-order valence-corrected chi connectivity index (χ1v) is 6.78. The molecule has 0 aliphatic carbocycles. The molecule has 0 fully saturated rings. The van der Waals surface area contributed by atoms with E-state index in [1.807, 2.05) is 66.3 Å². The molecule has 0 radical (unpaired) electrons. The molecule has 3 aromatic rings. The molecule has 2 aromatic carbocycles. The first kappa shape index (κ1) is 12.7. The van der Waals surface area contributed by atoms with Crippen LogP contribution < -0.4 is 0 Å². The Morgan fingerprint density at radius 3 is 2.50 bits per heavy atom. The number of carbonyl (C=O) groups is 1. The molecule has 0 spiro atoms. The van der Waals surface area contributed by atoms with Crippen molar-refractivity contribution in [3.63, 3.8) is 0 Å². The van der Waals surface area contributed by atoms with E-state index >= 15 is 0 Å². The molecule has 2 heteroatoms. The standard InChI is InChI=1S/C18H17NO/c1-13-7-9-14(10-8-13)11-18(20)16-12-19(2)17-6-4-3-5-15(16)17/h3-10,12H,11H2,1-2H3. The van der Waals surface area contributed by atoms with Crippen molar-refractivity contribution in [1.82, 2.24) is 4.57 Å². The lowest BCUT2D eigenvalue weighted by Crippen LogP contribution is -2.02. The van der Waals surface area contributed by atoms with E-state index in [9.17, 15) is 4.79 Å². The normalized spacial score (nSPS) is 10.9. The molecule has 2 nitrogen and oxygen atoms in total. The van der Waals surface area contributed by atoms with E-state index in [0.29, 0.717) is 6.42 Å². The van der Waals surface area contributed by atoms with Crippen LogP contribution in [0.15, 0.2) is 54.7 Å². The summed E-state index contributed by atoms with van der Waals surface area (Å²) in [7, 11) is 1.98. The van der Waals surface area contributed by atoms with Crippen LogP contribution >= 0.6 is 0 Å². The van der Waals surface area contributed by atoms with Gasteiger partial charge in [-0.15, -0.1) is 0 Å². The number of fused-ring (bicyclic) bond motifs is 1. The van der Waals surface area contributed by atoms with Gasteiger partial charge in [-0.1, -0.05) is 48.0 Å². The minimum Gasteiger partial charge on any atom is -0.350 e. The predicted octanol–water partition coefficient (Wildman–Crippen LogP) is 3.91. The van der Waals surface area contributed by atoms with E-state index in [0.717, 1.165) is 22.0 Å². The van der Waals surface area contributed by atoms with Gasteiger partial charge in [-0.25, -0.2) is 0 Å². The number of carbonyl (C=O) groups excluding carboxylic acids is 1. The average Bonchev–Trinajstić information content (AvgIpc) is 2.79. The minimum atomic E-state index is 0.172. The molecule has 20 heavy (non-hydrogen) atoms. The maximum atomic E-state index is 12.5. The molecule has 0 aliphatic rings. The Labute approximate surface area is 118 Å². The first-order chi connectivity index (χ1) is 9.65. The quantitative estimate of drug-likeness (QED) is 0.657. The van der Waals surface area contributed by atoms with Gasteiger partial charge in [0.1, 0.15) is 0 Å². The molecular formula is C18H17NO. The zero-order chi connectivity index (χ0) is 14.1.